The summed E-state index contributed by atoms with van der Waals surface area (Å²) in [6.07, 6.45) is 8.69. The summed E-state index contributed by atoms with van der Waals surface area (Å²) in [5.74, 6) is 2.02. The van der Waals surface area contributed by atoms with Crippen LogP contribution in [0.25, 0.3) is 0 Å². The molecule has 0 radical (unpaired) electrons. The van der Waals surface area contributed by atoms with E-state index in [0.29, 0.717) is 0 Å². The highest BCUT2D eigenvalue weighted by Gasteiger charge is 2.32. The Morgan fingerprint density at radius 3 is 2.21 bits per heavy atom. The van der Waals surface area contributed by atoms with E-state index in [2.05, 4.69) is 18.7 Å². The van der Waals surface area contributed by atoms with Crippen LogP contribution in [0, 0.1) is 11.8 Å². The van der Waals surface area contributed by atoms with Crippen molar-refractivity contribution in [2.75, 3.05) is 13.1 Å². The molecule has 0 aromatic rings. The molecule has 1 aliphatic heterocycles. The van der Waals surface area contributed by atoms with Gasteiger partial charge in [-0.25, -0.2) is 0 Å². The smallest absolute Gasteiger partial charge is 0.00953 e. The van der Waals surface area contributed by atoms with Gasteiger partial charge in [-0.2, -0.15) is 0 Å². The molecule has 2 aliphatic rings. The molecule has 0 spiro atoms. The lowest BCUT2D eigenvalue weighted by Crippen LogP contribution is -2.48. The van der Waals surface area contributed by atoms with Gasteiger partial charge >= 0.3 is 0 Å². The normalized spacial score (nSPS) is 35.6. The van der Waals surface area contributed by atoms with E-state index in [1.165, 1.54) is 51.6 Å². The van der Waals surface area contributed by atoms with Crippen LogP contribution in [-0.2, 0) is 0 Å². The lowest BCUT2D eigenvalue weighted by Gasteiger charge is -2.45. The topological polar surface area (TPSA) is 3.24 Å². The van der Waals surface area contributed by atoms with E-state index >= 15 is 0 Å². The van der Waals surface area contributed by atoms with Crippen molar-refractivity contribution in [1.29, 1.82) is 0 Å². The molecule has 14 heavy (non-hydrogen) atoms. The molecule has 2 atom stereocenters. The monoisotopic (exact) mass is 195 g/mol. The van der Waals surface area contributed by atoms with Gasteiger partial charge in [0.1, 0.15) is 0 Å². The van der Waals surface area contributed by atoms with E-state index in [-0.39, 0.29) is 0 Å². The highest BCUT2D eigenvalue weighted by Crippen LogP contribution is 2.33. The molecule has 1 aliphatic carbocycles. The number of likely N-dealkylation sites (tertiary alicyclic amines) is 1. The van der Waals surface area contributed by atoms with Crippen molar-refractivity contribution in [1.82, 2.24) is 4.90 Å². The van der Waals surface area contributed by atoms with Gasteiger partial charge in [0.2, 0.25) is 0 Å². The van der Waals surface area contributed by atoms with Crippen molar-refractivity contribution in [3.8, 4) is 0 Å². The fourth-order valence-corrected chi connectivity index (χ4v) is 3.19. The van der Waals surface area contributed by atoms with E-state index < -0.39 is 0 Å². The second kappa shape index (κ2) is 4.65. The van der Waals surface area contributed by atoms with Crippen LogP contribution < -0.4 is 0 Å². The Morgan fingerprint density at radius 2 is 1.71 bits per heavy atom. The molecule has 0 aromatic carbocycles. The molecule has 1 saturated heterocycles. The predicted octanol–water partition coefficient (Wildman–Crippen LogP) is 3.30. The van der Waals surface area contributed by atoms with E-state index in [1.54, 1.807) is 0 Å². The molecule has 1 heterocycles. The average molecular weight is 195 g/mol. The van der Waals surface area contributed by atoms with Gasteiger partial charge in [0.15, 0.2) is 0 Å². The minimum atomic E-state index is 0.974. The number of hydrogen-bond donors (Lipinski definition) is 0. The fraction of sp³-hybridized carbons (Fsp3) is 1.00. The maximum Gasteiger partial charge on any atom is 0.00953 e. The maximum atomic E-state index is 2.78. The minimum absolute atomic E-state index is 0.974. The van der Waals surface area contributed by atoms with Crippen molar-refractivity contribution in [2.45, 2.75) is 58.4 Å². The van der Waals surface area contributed by atoms with Gasteiger partial charge in [0.05, 0.1) is 0 Å². The summed E-state index contributed by atoms with van der Waals surface area (Å²) in [6.45, 7) is 7.53. The molecular formula is C13H25N. The molecule has 0 bridgehead atoms. The molecule has 2 fully saturated rings. The van der Waals surface area contributed by atoms with Crippen LogP contribution in [-0.4, -0.2) is 24.0 Å². The second-order valence-electron chi connectivity index (χ2n) is 5.20. The molecule has 0 amide bonds. The summed E-state index contributed by atoms with van der Waals surface area (Å²) < 4.78 is 0. The summed E-state index contributed by atoms with van der Waals surface area (Å²) in [5, 5.41) is 0. The van der Waals surface area contributed by atoms with Gasteiger partial charge in [-0.05, 0) is 37.6 Å². The van der Waals surface area contributed by atoms with Gasteiger partial charge in [-0.1, -0.05) is 33.1 Å². The Balaban J connectivity index is 1.86. The summed E-state index contributed by atoms with van der Waals surface area (Å²) in [5.41, 5.74) is 0. The third-order valence-electron chi connectivity index (χ3n) is 4.56. The Hall–Kier alpha value is -0.0400. The highest BCUT2D eigenvalue weighted by atomic mass is 15.2. The molecule has 0 N–H and O–H groups in total. The molecule has 82 valence electrons. The number of rotatable bonds is 3. The van der Waals surface area contributed by atoms with Crippen LogP contribution in [0.3, 0.4) is 0 Å². The lowest BCUT2D eigenvalue weighted by molar-refractivity contribution is 0.0445. The molecule has 1 saturated carbocycles. The van der Waals surface area contributed by atoms with Gasteiger partial charge in [-0.15, -0.1) is 0 Å². The zero-order chi connectivity index (χ0) is 9.97. The first-order chi connectivity index (χ1) is 6.85. The van der Waals surface area contributed by atoms with Crippen molar-refractivity contribution >= 4 is 0 Å². The molecular weight excluding hydrogens is 170 g/mol. The average Bonchev–Trinajstić information content (AvgIpc) is 2.15. The van der Waals surface area contributed by atoms with Gasteiger partial charge in [0.25, 0.3) is 0 Å². The Bertz CT molecular complexity index is 174. The third kappa shape index (κ3) is 1.98. The number of hydrogen-bond acceptors (Lipinski definition) is 1. The summed E-state index contributed by atoms with van der Waals surface area (Å²) >= 11 is 0. The Morgan fingerprint density at radius 1 is 1.00 bits per heavy atom. The summed E-state index contributed by atoms with van der Waals surface area (Å²) in [4.78, 5) is 2.78. The Labute approximate surface area is 88.9 Å². The minimum Gasteiger partial charge on any atom is -0.300 e. The molecule has 2 rings (SSSR count). The largest absolute Gasteiger partial charge is 0.300 e. The van der Waals surface area contributed by atoms with Gasteiger partial charge in [0, 0.05) is 12.6 Å². The van der Waals surface area contributed by atoms with E-state index in [1.807, 2.05) is 0 Å². The van der Waals surface area contributed by atoms with Crippen LogP contribution in [0.15, 0.2) is 0 Å². The van der Waals surface area contributed by atoms with Crippen LogP contribution in [0.4, 0.5) is 0 Å². The highest BCUT2D eigenvalue weighted by molar-refractivity contribution is 4.86. The predicted molar refractivity (Wildman–Crippen MR) is 61.4 cm³/mol. The van der Waals surface area contributed by atoms with E-state index in [0.717, 1.165) is 17.9 Å². The maximum absolute atomic E-state index is 2.78. The van der Waals surface area contributed by atoms with E-state index in [4.69, 9.17) is 0 Å². The van der Waals surface area contributed by atoms with Crippen molar-refractivity contribution in [3.63, 3.8) is 0 Å². The van der Waals surface area contributed by atoms with Crippen LogP contribution in [0.2, 0.25) is 0 Å². The van der Waals surface area contributed by atoms with E-state index in [9.17, 15) is 0 Å². The summed E-state index contributed by atoms with van der Waals surface area (Å²) in [6, 6.07) is 0.974. The SMILES string of the molecule is CC[C@@H]1CN(C2CCC2)CC[C@@H]1CC. The first-order valence-corrected chi connectivity index (χ1v) is 6.59. The first kappa shape index (κ1) is 10.5. The van der Waals surface area contributed by atoms with Crippen LogP contribution in [0.1, 0.15) is 52.4 Å². The zero-order valence-electron chi connectivity index (χ0n) is 9.84. The molecule has 1 nitrogen and oxygen atoms in total. The van der Waals surface area contributed by atoms with Crippen LogP contribution in [0.5, 0.6) is 0 Å². The third-order valence-corrected chi connectivity index (χ3v) is 4.56. The summed E-state index contributed by atoms with van der Waals surface area (Å²) in [7, 11) is 0. The number of piperidine rings is 1. The lowest BCUT2D eigenvalue weighted by atomic mass is 9.80. The molecule has 0 unspecified atom stereocenters. The quantitative estimate of drug-likeness (QED) is 0.668. The fourth-order valence-electron chi connectivity index (χ4n) is 3.19. The van der Waals surface area contributed by atoms with Gasteiger partial charge in [-0.3, -0.25) is 0 Å². The van der Waals surface area contributed by atoms with Crippen molar-refractivity contribution in [2.24, 2.45) is 11.8 Å². The van der Waals surface area contributed by atoms with Gasteiger partial charge < -0.3 is 4.90 Å². The van der Waals surface area contributed by atoms with Crippen LogP contribution >= 0.6 is 0 Å². The zero-order valence-corrected chi connectivity index (χ0v) is 9.84. The first-order valence-electron chi connectivity index (χ1n) is 6.59. The second-order valence-corrected chi connectivity index (χ2v) is 5.20. The number of nitrogens with zero attached hydrogens (tertiary/aromatic N) is 1. The Kier molecular flexibility index (Phi) is 3.48. The molecule has 1 heteroatoms. The standard InChI is InChI=1S/C13H25N/c1-3-11-8-9-14(10-12(11)4-2)13-6-5-7-13/h11-13H,3-10H2,1-2H3/t11-,12+/m0/s1. The van der Waals surface area contributed by atoms with Crippen molar-refractivity contribution < 1.29 is 0 Å². The van der Waals surface area contributed by atoms with Crippen molar-refractivity contribution in [3.05, 3.63) is 0 Å². The molecule has 0 aromatic heterocycles.